The molecule has 0 saturated carbocycles. The van der Waals surface area contributed by atoms with Gasteiger partial charge in [-0.05, 0) is 31.8 Å². The summed E-state index contributed by atoms with van der Waals surface area (Å²) in [4.78, 5) is 21.9. The highest BCUT2D eigenvalue weighted by atomic mass is 16.4. The fraction of sp³-hybridized carbons (Fsp3) is 0.667. The lowest BCUT2D eigenvalue weighted by Gasteiger charge is -1.98. The van der Waals surface area contributed by atoms with Crippen LogP contribution >= 0.6 is 0 Å². The molecule has 0 bridgehead atoms. The molecule has 0 aromatic carbocycles. The van der Waals surface area contributed by atoms with E-state index in [4.69, 9.17) is 5.11 Å². The number of carbonyl (C=O) groups excluding carboxylic acids is 1. The van der Waals surface area contributed by atoms with Crippen molar-refractivity contribution in [3.63, 3.8) is 0 Å². The number of hydrogen-bond acceptors (Lipinski definition) is 2. The minimum Gasteiger partial charge on any atom is -0.481 e. The van der Waals surface area contributed by atoms with Gasteiger partial charge in [-0.15, -0.1) is 0 Å². The van der Waals surface area contributed by atoms with Crippen molar-refractivity contribution in [2.24, 2.45) is 0 Å². The average Bonchev–Trinajstić information content (AvgIpc) is 2.45. The number of aliphatic carboxylic acids is 1. The number of hydrogen-bond donors (Lipinski definition) is 1. The highest BCUT2D eigenvalue weighted by Crippen LogP contribution is 2.08. The van der Waals surface area contributed by atoms with Gasteiger partial charge in [-0.2, -0.15) is 0 Å². The Morgan fingerprint density at radius 3 is 2.19 bits per heavy atom. The first-order chi connectivity index (χ1) is 10.2. The van der Waals surface area contributed by atoms with Crippen LogP contribution < -0.4 is 0 Å². The first kappa shape index (κ1) is 19.6. The minimum absolute atomic E-state index is 0.179. The third kappa shape index (κ3) is 16.6. The summed E-state index contributed by atoms with van der Waals surface area (Å²) in [6.45, 7) is 2.19. The predicted octanol–water partition coefficient (Wildman–Crippen LogP) is 5.06. The molecule has 1 N–H and O–H groups in total. The standard InChI is InChI=1S/C18H30O3/c1-2-3-4-5-6-8-11-14-17(19)15-12-9-7-10-13-16-18(20)21/h6,8,11,14H,2-5,7,9-10,12-13,15-16H2,1H3,(H,20,21)/b8-6-,14-11-. The second-order valence-electron chi connectivity index (χ2n) is 5.41. The third-order valence-electron chi connectivity index (χ3n) is 3.32. The SMILES string of the molecule is CCCCC/C=C\C=C/C(=O)CCCCCCCC(=O)O. The summed E-state index contributed by atoms with van der Waals surface area (Å²) in [7, 11) is 0. The molecule has 0 aromatic heterocycles. The molecule has 0 saturated heterocycles. The Morgan fingerprint density at radius 2 is 1.52 bits per heavy atom. The van der Waals surface area contributed by atoms with Crippen molar-refractivity contribution < 1.29 is 14.7 Å². The van der Waals surface area contributed by atoms with Gasteiger partial charge in [0.15, 0.2) is 5.78 Å². The molecule has 0 rings (SSSR count). The number of carboxylic acid groups (broad SMARTS) is 1. The lowest BCUT2D eigenvalue weighted by atomic mass is 10.1. The molecule has 0 unspecified atom stereocenters. The van der Waals surface area contributed by atoms with Crippen molar-refractivity contribution in [2.45, 2.75) is 77.6 Å². The van der Waals surface area contributed by atoms with Crippen LogP contribution in [0.25, 0.3) is 0 Å². The van der Waals surface area contributed by atoms with Crippen LogP contribution in [0.5, 0.6) is 0 Å². The number of carbonyl (C=O) groups is 2. The van der Waals surface area contributed by atoms with E-state index in [-0.39, 0.29) is 12.2 Å². The van der Waals surface area contributed by atoms with Crippen LogP contribution in [0.2, 0.25) is 0 Å². The first-order valence-electron chi connectivity index (χ1n) is 8.24. The number of ketones is 1. The van der Waals surface area contributed by atoms with Gasteiger partial charge in [0.05, 0.1) is 0 Å². The molecule has 0 aliphatic heterocycles. The van der Waals surface area contributed by atoms with Crippen molar-refractivity contribution in [3.05, 3.63) is 24.3 Å². The lowest BCUT2D eigenvalue weighted by Crippen LogP contribution is -1.94. The fourth-order valence-electron chi connectivity index (χ4n) is 2.04. The van der Waals surface area contributed by atoms with Crippen LogP contribution in [0.4, 0.5) is 0 Å². The van der Waals surface area contributed by atoms with Crippen molar-refractivity contribution in [1.29, 1.82) is 0 Å². The maximum absolute atomic E-state index is 11.6. The van der Waals surface area contributed by atoms with E-state index in [1.807, 2.05) is 12.2 Å². The van der Waals surface area contributed by atoms with Crippen LogP contribution in [-0.2, 0) is 9.59 Å². The molecule has 21 heavy (non-hydrogen) atoms. The molecule has 0 radical (unpaired) electrons. The van der Waals surface area contributed by atoms with Crippen molar-refractivity contribution >= 4 is 11.8 Å². The zero-order valence-corrected chi connectivity index (χ0v) is 13.4. The predicted molar refractivity (Wildman–Crippen MR) is 87.4 cm³/mol. The van der Waals surface area contributed by atoms with Crippen LogP contribution in [0.1, 0.15) is 77.6 Å². The van der Waals surface area contributed by atoms with E-state index in [2.05, 4.69) is 13.0 Å². The Bertz CT molecular complexity index is 329. The van der Waals surface area contributed by atoms with E-state index in [1.54, 1.807) is 6.08 Å². The molecule has 0 aromatic rings. The number of carboxylic acids is 1. The number of rotatable bonds is 14. The van der Waals surface area contributed by atoms with Gasteiger partial charge in [0, 0.05) is 12.8 Å². The van der Waals surface area contributed by atoms with Crippen molar-refractivity contribution in [3.8, 4) is 0 Å². The van der Waals surface area contributed by atoms with Gasteiger partial charge in [-0.25, -0.2) is 0 Å². The summed E-state index contributed by atoms with van der Waals surface area (Å²) in [5, 5.41) is 8.49. The summed E-state index contributed by atoms with van der Waals surface area (Å²) in [6.07, 6.45) is 17.8. The Labute approximate surface area is 129 Å². The maximum atomic E-state index is 11.6. The van der Waals surface area contributed by atoms with Gasteiger partial charge < -0.3 is 5.11 Å². The van der Waals surface area contributed by atoms with E-state index in [1.165, 1.54) is 19.3 Å². The van der Waals surface area contributed by atoms with Crippen molar-refractivity contribution in [2.75, 3.05) is 0 Å². The van der Waals surface area contributed by atoms with Crippen LogP contribution in [0.3, 0.4) is 0 Å². The topological polar surface area (TPSA) is 54.4 Å². The summed E-state index contributed by atoms with van der Waals surface area (Å²) in [5.74, 6) is -0.545. The van der Waals surface area contributed by atoms with Crippen LogP contribution in [0.15, 0.2) is 24.3 Å². The quantitative estimate of drug-likeness (QED) is 0.277. The number of unbranched alkanes of at least 4 members (excludes halogenated alkanes) is 7. The third-order valence-corrected chi connectivity index (χ3v) is 3.32. The van der Waals surface area contributed by atoms with E-state index >= 15 is 0 Å². The molecule has 3 nitrogen and oxygen atoms in total. The maximum Gasteiger partial charge on any atom is 0.303 e. The van der Waals surface area contributed by atoms with E-state index in [0.717, 1.165) is 38.5 Å². The highest BCUT2D eigenvalue weighted by molar-refractivity contribution is 5.89. The Kier molecular flexibility index (Phi) is 14.0. The number of allylic oxidation sites excluding steroid dienone is 4. The molecule has 0 atom stereocenters. The molecule has 3 heteroatoms. The van der Waals surface area contributed by atoms with E-state index in [0.29, 0.717) is 6.42 Å². The van der Waals surface area contributed by atoms with E-state index < -0.39 is 5.97 Å². The summed E-state index contributed by atoms with van der Waals surface area (Å²) < 4.78 is 0. The van der Waals surface area contributed by atoms with Crippen LogP contribution in [-0.4, -0.2) is 16.9 Å². The average molecular weight is 294 g/mol. The Hall–Kier alpha value is -1.38. The molecule has 0 fully saturated rings. The lowest BCUT2D eigenvalue weighted by molar-refractivity contribution is -0.137. The molecular formula is C18H30O3. The molecule has 120 valence electrons. The van der Waals surface area contributed by atoms with Gasteiger partial charge >= 0.3 is 5.97 Å². The minimum atomic E-state index is -0.724. The molecule has 0 aliphatic rings. The fourth-order valence-corrected chi connectivity index (χ4v) is 2.04. The van der Waals surface area contributed by atoms with Gasteiger partial charge in [-0.1, -0.05) is 57.3 Å². The summed E-state index contributed by atoms with van der Waals surface area (Å²) in [6, 6.07) is 0. The second kappa shape index (κ2) is 15.0. The zero-order valence-electron chi connectivity index (χ0n) is 13.4. The smallest absolute Gasteiger partial charge is 0.303 e. The Balaban J connectivity index is 3.43. The molecule has 0 spiro atoms. The van der Waals surface area contributed by atoms with Crippen molar-refractivity contribution in [1.82, 2.24) is 0 Å². The normalized spacial score (nSPS) is 11.5. The monoisotopic (exact) mass is 294 g/mol. The summed E-state index contributed by atoms with van der Waals surface area (Å²) in [5.41, 5.74) is 0. The van der Waals surface area contributed by atoms with Gasteiger partial charge in [-0.3, -0.25) is 9.59 Å². The second-order valence-corrected chi connectivity index (χ2v) is 5.41. The highest BCUT2D eigenvalue weighted by Gasteiger charge is 1.98. The van der Waals surface area contributed by atoms with Crippen LogP contribution in [0, 0.1) is 0 Å². The largest absolute Gasteiger partial charge is 0.481 e. The molecule has 0 amide bonds. The molecule has 0 heterocycles. The first-order valence-corrected chi connectivity index (χ1v) is 8.24. The molecule has 0 aliphatic carbocycles. The van der Waals surface area contributed by atoms with Gasteiger partial charge in [0.25, 0.3) is 0 Å². The van der Waals surface area contributed by atoms with Gasteiger partial charge in [0.2, 0.25) is 0 Å². The molecular weight excluding hydrogens is 264 g/mol. The zero-order chi connectivity index (χ0) is 15.8. The summed E-state index contributed by atoms with van der Waals surface area (Å²) >= 11 is 0. The Morgan fingerprint density at radius 1 is 0.857 bits per heavy atom. The van der Waals surface area contributed by atoms with Gasteiger partial charge in [0.1, 0.15) is 0 Å². The van der Waals surface area contributed by atoms with E-state index in [9.17, 15) is 9.59 Å².